The van der Waals surface area contributed by atoms with E-state index in [1.807, 2.05) is 6.08 Å². The molecule has 0 saturated carbocycles. The SMILES string of the molecule is CN1CCC(C2C=c3cncnc3=NC2=O)CC1. The van der Waals surface area contributed by atoms with Gasteiger partial charge in [0.25, 0.3) is 5.91 Å². The molecule has 1 amide bonds. The lowest BCUT2D eigenvalue weighted by molar-refractivity contribution is -0.122. The van der Waals surface area contributed by atoms with Crippen LogP contribution < -0.4 is 10.7 Å². The number of rotatable bonds is 1. The van der Waals surface area contributed by atoms with Crippen LogP contribution in [0.15, 0.2) is 17.5 Å². The zero-order chi connectivity index (χ0) is 12.5. The minimum absolute atomic E-state index is 0.0456. The molecular formula is C13H16N4O. The highest BCUT2D eigenvalue weighted by atomic mass is 16.1. The molecule has 3 rings (SSSR count). The van der Waals surface area contributed by atoms with Crippen LogP contribution in [0.5, 0.6) is 0 Å². The van der Waals surface area contributed by atoms with Crippen molar-refractivity contribution in [1.29, 1.82) is 0 Å². The molecule has 0 spiro atoms. The summed E-state index contributed by atoms with van der Waals surface area (Å²) in [6.45, 7) is 2.11. The topological polar surface area (TPSA) is 58.5 Å². The van der Waals surface area contributed by atoms with Crippen molar-refractivity contribution in [3.63, 3.8) is 0 Å². The van der Waals surface area contributed by atoms with Crippen molar-refractivity contribution in [1.82, 2.24) is 14.9 Å². The Kier molecular flexibility index (Phi) is 2.91. The van der Waals surface area contributed by atoms with E-state index in [1.54, 1.807) is 6.20 Å². The number of likely N-dealkylation sites (tertiary alicyclic amines) is 1. The van der Waals surface area contributed by atoms with Crippen LogP contribution in [0.4, 0.5) is 0 Å². The van der Waals surface area contributed by atoms with Crippen LogP contribution in [0.25, 0.3) is 6.08 Å². The number of amides is 1. The zero-order valence-electron chi connectivity index (χ0n) is 10.4. The van der Waals surface area contributed by atoms with Gasteiger partial charge in [-0.25, -0.2) is 9.97 Å². The van der Waals surface area contributed by atoms with Crippen molar-refractivity contribution < 1.29 is 4.79 Å². The van der Waals surface area contributed by atoms with Crippen molar-refractivity contribution in [3.05, 3.63) is 23.2 Å². The Morgan fingerprint density at radius 1 is 1.33 bits per heavy atom. The predicted molar refractivity (Wildman–Crippen MR) is 66.0 cm³/mol. The summed E-state index contributed by atoms with van der Waals surface area (Å²) in [6.07, 6.45) is 7.28. The van der Waals surface area contributed by atoms with Gasteiger partial charge in [-0.05, 0) is 38.9 Å². The number of fused-ring (bicyclic) bond motifs is 1. The maximum absolute atomic E-state index is 12.1. The molecule has 1 atom stereocenters. The van der Waals surface area contributed by atoms with E-state index in [1.165, 1.54) is 6.33 Å². The first-order chi connectivity index (χ1) is 8.74. The lowest BCUT2D eigenvalue weighted by atomic mass is 9.83. The third-order valence-corrected chi connectivity index (χ3v) is 3.85. The molecule has 2 aliphatic rings. The van der Waals surface area contributed by atoms with Gasteiger partial charge in [-0.2, -0.15) is 4.99 Å². The first kappa shape index (κ1) is 11.5. The van der Waals surface area contributed by atoms with Crippen molar-refractivity contribution in [3.8, 4) is 0 Å². The molecule has 0 aliphatic carbocycles. The fraction of sp³-hybridized carbons (Fsp3) is 0.538. The molecular weight excluding hydrogens is 228 g/mol. The minimum atomic E-state index is -0.0859. The Labute approximate surface area is 105 Å². The van der Waals surface area contributed by atoms with Crippen LogP contribution in [-0.2, 0) is 4.79 Å². The minimum Gasteiger partial charge on any atom is -0.306 e. The summed E-state index contributed by atoms with van der Waals surface area (Å²) < 4.78 is 0. The third-order valence-electron chi connectivity index (χ3n) is 3.85. The number of carbonyl (C=O) groups is 1. The highest BCUT2D eigenvalue weighted by molar-refractivity contribution is 5.86. The number of hydrogen-bond donors (Lipinski definition) is 0. The molecule has 0 N–H and O–H groups in total. The first-order valence-electron chi connectivity index (χ1n) is 6.33. The van der Waals surface area contributed by atoms with E-state index in [0.29, 0.717) is 11.4 Å². The summed E-state index contributed by atoms with van der Waals surface area (Å²) in [5.41, 5.74) is 0.513. The Morgan fingerprint density at radius 3 is 2.89 bits per heavy atom. The largest absolute Gasteiger partial charge is 0.306 e. The molecule has 1 aromatic heterocycles. The van der Waals surface area contributed by atoms with Crippen LogP contribution in [-0.4, -0.2) is 40.9 Å². The van der Waals surface area contributed by atoms with Crippen LogP contribution in [0.3, 0.4) is 0 Å². The average molecular weight is 244 g/mol. The van der Waals surface area contributed by atoms with Gasteiger partial charge in [-0.1, -0.05) is 6.08 Å². The van der Waals surface area contributed by atoms with Crippen molar-refractivity contribution in [2.45, 2.75) is 12.8 Å². The van der Waals surface area contributed by atoms with E-state index in [-0.39, 0.29) is 11.8 Å². The summed E-state index contributed by atoms with van der Waals surface area (Å²) in [7, 11) is 2.12. The molecule has 0 aromatic carbocycles. The van der Waals surface area contributed by atoms with Crippen LogP contribution in [0.1, 0.15) is 12.8 Å². The van der Waals surface area contributed by atoms with Crippen LogP contribution >= 0.6 is 0 Å². The lowest BCUT2D eigenvalue weighted by Gasteiger charge is -2.32. The van der Waals surface area contributed by atoms with Gasteiger partial charge in [0.15, 0.2) is 5.49 Å². The molecule has 0 radical (unpaired) electrons. The van der Waals surface area contributed by atoms with Crippen LogP contribution in [0.2, 0.25) is 0 Å². The van der Waals surface area contributed by atoms with Crippen LogP contribution in [0, 0.1) is 11.8 Å². The molecule has 5 nitrogen and oxygen atoms in total. The van der Waals surface area contributed by atoms with Gasteiger partial charge in [0.1, 0.15) is 6.33 Å². The summed E-state index contributed by atoms with van der Waals surface area (Å²) >= 11 is 0. The van der Waals surface area contributed by atoms with E-state index in [0.717, 1.165) is 31.1 Å². The molecule has 5 heteroatoms. The molecule has 1 saturated heterocycles. The second-order valence-electron chi connectivity index (χ2n) is 5.08. The summed E-state index contributed by atoms with van der Waals surface area (Å²) in [5, 5.41) is 0.890. The van der Waals surface area contributed by atoms with Gasteiger partial charge in [0.05, 0.1) is 5.92 Å². The van der Waals surface area contributed by atoms with Crippen molar-refractivity contribution in [2.75, 3.05) is 20.1 Å². The summed E-state index contributed by atoms with van der Waals surface area (Å²) in [5.74, 6) is 0.277. The highest BCUT2D eigenvalue weighted by Gasteiger charge is 2.30. The molecule has 94 valence electrons. The zero-order valence-corrected chi connectivity index (χ0v) is 10.4. The van der Waals surface area contributed by atoms with Gasteiger partial charge in [-0.15, -0.1) is 0 Å². The number of piperidine rings is 1. The second-order valence-corrected chi connectivity index (χ2v) is 5.08. The maximum atomic E-state index is 12.1. The van der Waals surface area contributed by atoms with Crippen molar-refractivity contribution in [2.24, 2.45) is 16.8 Å². The van der Waals surface area contributed by atoms with E-state index < -0.39 is 0 Å². The lowest BCUT2D eigenvalue weighted by Crippen LogP contribution is -2.41. The standard InChI is InChI=1S/C13H16N4O/c1-17-4-2-9(3-5-17)11-6-10-7-14-8-15-12(10)16-13(11)18/h6-9,11H,2-5H2,1H3. The van der Waals surface area contributed by atoms with Gasteiger partial charge >= 0.3 is 0 Å². The molecule has 1 fully saturated rings. The van der Waals surface area contributed by atoms with E-state index in [9.17, 15) is 4.79 Å². The molecule has 3 heterocycles. The molecule has 1 unspecified atom stereocenters. The second kappa shape index (κ2) is 4.57. The molecule has 18 heavy (non-hydrogen) atoms. The monoisotopic (exact) mass is 244 g/mol. The fourth-order valence-electron chi connectivity index (χ4n) is 2.71. The molecule has 0 bridgehead atoms. The number of carbonyl (C=O) groups excluding carboxylic acids is 1. The number of hydrogen-bond acceptors (Lipinski definition) is 4. The summed E-state index contributed by atoms with van der Waals surface area (Å²) in [6, 6.07) is 0. The Morgan fingerprint density at radius 2 is 2.11 bits per heavy atom. The normalized spacial score (nSPS) is 25.2. The van der Waals surface area contributed by atoms with Gasteiger partial charge in [0.2, 0.25) is 0 Å². The molecule has 1 aromatic rings. The van der Waals surface area contributed by atoms with Gasteiger partial charge in [0, 0.05) is 11.4 Å². The quantitative estimate of drug-likeness (QED) is 0.660. The van der Waals surface area contributed by atoms with E-state index in [2.05, 4.69) is 26.9 Å². The Balaban J connectivity index is 1.91. The fourth-order valence-corrected chi connectivity index (χ4v) is 2.71. The Bertz CT molecular complexity index is 575. The van der Waals surface area contributed by atoms with Gasteiger partial charge < -0.3 is 4.90 Å². The summed E-state index contributed by atoms with van der Waals surface area (Å²) in [4.78, 5) is 26.5. The van der Waals surface area contributed by atoms with Gasteiger partial charge in [-0.3, -0.25) is 4.79 Å². The number of aromatic nitrogens is 2. The first-order valence-corrected chi connectivity index (χ1v) is 6.33. The average Bonchev–Trinajstić information content (AvgIpc) is 2.39. The predicted octanol–water partition coefficient (Wildman–Crippen LogP) is -0.625. The molecule has 2 aliphatic heterocycles. The third kappa shape index (κ3) is 2.06. The number of nitrogens with zero attached hydrogens (tertiary/aromatic N) is 4. The van der Waals surface area contributed by atoms with Crippen molar-refractivity contribution >= 4 is 12.0 Å². The maximum Gasteiger partial charge on any atom is 0.254 e. The van der Waals surface area contributed by atoms with E-state index in [4.69, 9.17) is 0 Å². The highest BCUT2D eigenvalue weighted by Crippen LogP contribution is 2.27. The smallest absolute Gasteiger partial charge is 0.254 e. The van der Waals surface area contributed by atoms with E-state index >= 15 is 0 Å². The Hall–Kier alpha value is -1.62.